The SMILES string of the molecule is C#N.N#CC1(Nc2ccccc2)CCN(Cc2ccccc2)CC1.Nc1ccccc1.O=C1CCN(Cc2ccccc2)CC1.[K+]. The number of anilines is 2. The minimum Gasteiger partial charge on any atom is -0.399 e. The van der Waals surface area contributed by atoms with Crippen LogP contribution in [-0.2, 0) is 17.9 Å². The van der Waals surface area contributed by atoms with Crippen LogP contribution in [0.5, 0.6) is 0 Å². The van der Waals surface area contributed by atoms with E-state index in [0.717, 1.165) is 76.3 Å². The summed E-state index contributed by atoms with van der Waals surface area (Å²) in [5.74, 6) is 0.411. The zero-order chi connectivity index (χ0) is 32.2. The Balaban J connectivity index is 0.000000262. The molecule has 3 N–H and O–H groups in total. The maximum absolute atomic E-state index is 11.0. The van der Waals surface area contributed by atoms with Crippen LogP contribution in [0.4, 0.5) is 11.4 Å². The fraction of sp³-hybridized carbons (Fsp3) is 0.289. The molecule has 0 unspecified atom stereocenters. The molecule has 0 aromatic heterocycles. The average molecular weight is 640 g/mol. The zero-order valence-corrected chi connectivity index (χ0v) is 30.1. The standard InChI is InChI=1S/C19H21N3.C12H15NO.C6H7N.CHN.K/c20-16-19(21-18-9-5-2-6-10-18)11-13-22(14-12-19)15-17-7-3-1-4-8-17;14-12-6-8-13(9-7-12)10-11-4-2-1-3-5-11;7-6-4-2-1-3-5-6;1-2;/h1-10,21H,11-15H2;1-5H,6-10H2;1-5H,7H2;1H;/q;;;;+1. The minimum absolute atomic E-state index is 0. The van der Waals surface area contributed by atoms with Gasteiger partial charge < -0.3 is 11.1 Å². The molecule has 2 aliphatic heterocycles. The van der Waals surface area contributed by atoms with E-state index >= 15 is 0 Å². The first-order valence-electron chi connectivity index (χ1n) is 15.4. The number of nitrogens with zero attached hydrogens (tertiary/aromatic N) is 4. The molecule has 2 saturated heterocycles. The molecule has 2 heterocycles. The third kappa shape index (κ3) is 14.4. The summed E-state index contributed by atoms with van der Waals surface area (Å²) in [5.41, 5.74) is 9.44. The van der Waals surface area contributed by atoms with Crippen molar-refractivity contribution in [3.05, 3.63) is 132 Å². The Morgan fingerprint density at radius 1 is 0.674 bits per heavy atom. The predicted molar refractivity (Wildman–Crippen MR) is 183 cm³/mol. The number of hydrogen-bond donors (Lipinski definition) is 2. The molecule has 232 valence electrons. The number of ketones is 1. The molecule has 4 aromatic carbocycles. The van der Waals surface area contributed by atoms with E-state index in [1.54, 1.807) is 0 Å². The number of carbonyl (C=O) groups is 1. The predicted octanol–water partition coefficient (Wildman–Crippen LogP) is 3.92. The number of carbonyl (C=O) groups excluding carboxylic acids is 1. The minimum atomic E-state index is -0.436. The Morgan fingerprint density at radius 2 is 1.07 bits per heavy atom. The van der Waals surface area contributed by atoms with E-state index in [4.69, 9.17) is 11.0 Å². The van der Waals surface area contributed by atoms with Crippen molar-refractivity contribution in [3.8, 4) is 12.6 Å². The molecular weight excluding hydrogens is 596 g/mol. The van der Waals surface area contributed by atoms with Crippen LogP contribution in [0.3, 0.4) is 0 Å². The van der Waals surface area contributed by atoms with E-state index in [2.05, 4.69) is 76.3 Å². The van der Waals surface area contributed by atoms with Crippen molar-refractivity contribution in [2.45, 2.75) is 44.3 Å². The molecule has 0 bridgehead atoms. The van der Waals surface area contributed by atoms with E-state index in [9.17, 15) is 10.1 Å². The van der Waals surface area contributed by atoms with Crippen LogP contribution in [-0.4, -0.2) is 47.3 Å². The molecule has 0 saturated carbocycles. The number of para-hydroxylation sites is 2. The normalized spacial score (nSPS) is 15.4. The number of nitriles is 2. The first-order valence-corrected chi connectivity index (χ1v) is 15.4. The second-order valence-electron chi connectivity index (χ2n) is 11.2. The molecule has 46 heavy (non-hydrogen) atoms. The number of rotatable bonds is 6. The van der Waals surface area contributed by atoms with E-state index in [-0.39, 0.29) is 51.4 Å². The second kappa shape index (κ2) is 22.3. The van der Waals surface area contributed by atoms with Crippen molar-refractivity contribution in [1.29, 1.82) is 10.5 Å². The molecule has 0 spiro atoms. The van der Waals surface area contributed by atoms with Crippen molar-refractivity contribution < 1.29 is 56.2 Å². The zero-order valence-electron chi connectivity index (χ0n) is 27.0. The van der Waals surface area contributed by atoms with Crippen molar-refractivity contribution in [3.63, 3.8) is 0 Å². The van der Waals surface area contributed by atoms with Gasteiger partial charge in [0.25, 0.3) is 0 Å². The van der Waals surface area contributed by atoms with Gasteiger partial charge in [-0.3, -0.25) is 14.6 Å². The molecule has 4 aromatic rings. The van der Waals surface area contributed by atoms with E-state index in [1.807, 2.05) is 72.8 Å². The van der Waals surface area contributed by atoms with E-state index < -0.39 is 5.54 Å². The Kier molecular flexibility index (Phi) is 18.8. The van der Waals surface area contributed by atoms with Crippen LogP contribution in [0.25, 0.3) is 0 Å². The molecule has 6 rings (SSSR count). The number of nitrogen functional groups attached to an aromatic ring is 1. The summed E-state index contributed by atoms with van der Waals surface area (Å²) in [5, 5.41) is 19.6. The summed E-state index contributed by atoms with van der Waals surface area (Å²) in [7, 11) is 0. The van der Waals surface area contributed by atoms with Gasteiger partial charge in [-0.1, -0.05) is 97.1 Å². The van der Waals surface area contributed by atoms with Gasteiger partial charge in [0.05, 0.1) is 6.07 Å². The fourth-order valence-electron chi connectivity index (χ4n) is 5.25. The van der Waals surface area contributed by atoms with Crippen molar-refractivity contribution >= 4 is 17.2 Å². The summed E-state index contributed by atoms with van der Waals surface area (Å²) in [4.78, 5) is 15.8. The summed E-state index contributed by atoms with van der Waals surface area (Å²) >= 11 is 0. The van der Waals surface area contributed by atoms with Gasteiger partial charge in [-0.2, -0.15) is 5.26 Å². The van der Waals surface area contributed by atoms with Gasteiger partial charge in [0.2, 0.25) is 0 Å². The maximum Gasteiger partial charge on any atom is 1.00 e. The summed E-state index contributed by atoms with van der Waals surface area (Å²) in [6.07, 6.45) is 3.16. The van der Waals surface area contributed by atoms with Crippen LogP contribution < -0.4 is 62.4 Å². The second-order valence-corrected chi connectivity index (χ2v) is 11.2. The van der Waals surface area contributed by atoms with Crippen molar-refractivity contribution in [1.82, 2.24) is 9.80 Å². The van der Waals surface area contributed by atoms with Crippen LogP contribution in [0.15, 0.2) is 121 Å². The van der Waals surface area contributed by atoms with E-state index in [0.29, 0.717) is 5.78 Å². The molecule has 0 amide bonds. The third-order valence-corrected chi connectivity index (χ3v) is 7.79. The van der Waals surface area contributed by atoms with Gasteiger partial charge in [0.15, 0.2) is 0 Å². The monoisotopic (exact) mass is 639 g/mol. The number of nitrogens with one attached hydrogen (secondary N) is 1. The fourth-order valence-corrected chi connectivity index (χ4v) is 5.25. The molecule has 7 nitrogen and oxygen atoms in total. The molecule has 0 aliphatic carbocycles. The van der Waals surface area contributed by atoms with Gasteiger partial charge in [-0.25, -0.2) is 5.26 Å². The maximum atomic E-state index is 11.0. The summed E-state index contributed by atoms with van der Waals surface area (Å²) < 4.78 is 0. The Labute approximate surface area is 317 Å². The average Bonchev–Trinajstić information content (AvgIpc) is 3.10. The molecule has 0 atom stereocenters. The van der Waals surface area contributed by atoms with Crippen LogP contribution >= 0.6 is 0 Å². The smallest absolute Gasteiger partial charge is 0.399 e. The summed E-state index contributed by atoms with van der Waals surface area (Å²) in [6, 6.07) is 43.0. The van der Waals surface area contributed by atoms with Crippen LogP contribution in [0, 0.1) is 23.2 Å². The van der Waals surface area contributed by atoms with Crippen molar-refractivity contribution in [2.75, 3.05) is 37.2 Å². The van der Waals surface area contributed by atoms with Gasteiger partial charge in [0.1, 0.15) is 11.3 Å². The number of likely N-dealkylation sites (tertiary alicyclic amines) is 2. The molecule has 2 aliphatic rings. The molecule has 0 radical (unpaired) electrons. The summed E-state index contributed by atoms with van der Waals surface area (Å²) in [6.45, 7) is 9.19. The van der Waals surface area contributed by atoms with Gasteiger partial charge >= 0.3 is 51.4 Å². The van der Waals surface area contributed by atoms with Gasteiger partial charge in [-0.05, 0) is 48.2 Å². The topological polar surface area (TPSA) is 109 Å². The van der Waals surface area contributed by atoms with E-state index in [1.165, 1.54) is 11.1 Å². The van der Waals surface area contributed by atoms with Gasteiger partial charge in [0, 0.05) is 70.1 Å². The first kappa shape index (κ1) is 38.9. The number of Topliss-reactive ketones (excluding diaryl/α,β-unsaturated/α-hetero) is 1. The Morgan fingerprint density at radius 3 is 1.46 bits per heavy atom. The third-order valence-electron chi connectivity index (χ3n) is 7.79. The van der Waals surface area contributed by atoms with Crippen LogP contribution in [0.2, 0.25) is 0 Å². The number of benzene rings is 4. The number of nitrogens with two attached hydrogens (primary N) is 1. The van der Waals surface area contributed by atoms with Crippen molar-refractivity contribution in [2.24, 2.45) is 0 Å². The van der Waals surface area contributed by atoms with Gasteiger partial charge in [-0.15, -0.1) is 0 Å². The number of piperidine rings is 2. The molecule has 8 heteroatoms. The quantitative estimate of drug-likeness (QED) is 0.243. The molecular formula is C38H44KN6O+. The van der Waals surface area contributed by atoms with Crippen LogP contribution in [0.1, 0.15) is 36.8 Å². The first-order chi connectivity index (χ1) is 22.0. The Hall–Kier alpha value is -3.31. The molecule has 2 fully saturated rings. The largest absolute Gasteiger partial charge is 1.00 e. The Bertz CT molecular complexity index is 1430. The number of hydrogen-bond acceptors (Lipinski definition) is 7.